The molecule has 1 aromatic heterocycles. The summed E-state index contributed by atoms with van der Waals surface area (Å²) in [6.07, 6.45) is 0. The maximum absolute atomic E-state index is 12.7. The third-order valence-electron chi connectivity index (χ3n) is 4.60. The Balaban J connectivity index is 1.98. The van der Waals surface area contributed by atoms with Gasteiger partial charge < -0.3 is 14.2 Å². The zero-order valence-electron chi connectivity index (χ0n) is 18.0. The molecule has 0 radical (unpaired) electrons. The molecule has 32 heavy (non-hydrogen) atoms. The van der Waals surface area contributed by atoms with E-state index < -0.39 is 5.91 Å². The Morgan fingerprint density at radius 1 is 1.06 bits per heavy atom. The van der Waals surface area contributed by atoms with Gasteiger partial charge in [-0.1, -0.05) is 29.8 Å². The molecule has 0 aliphatic carbocycles. The van der Waals surface area contributed by atoms with Crippen LogP contribution in [0.1, 0.15) is 20.7 Å². The molecule has 8 nitrogen and oxygen atoms in total. The molecule has 3 aromatic rings. The number of aromatic nitrogens is 1. The summed E-state index contributed by atoms with van der Waals surface area (Å²) in [5, 5.41) is 5.95. The first kappa shape index (κ1) is 23.4. The zero-order chi connectivity index (χ0) is 23.3. The van der Waals surface area contributed by atoms with Crippen LogP contribution in [0.2, 0.25) is 0 Å². The molecule has 0 saturated heterocycles. The highest BCUT2D eigenvalue weighted by Gasteiger charge is 2.18. The van der Waals surface area contributed by atoms with Crippen molar-refractivity contribution in [1.82, 2.24) is 9.99 Å². The first-order valence-electron chi connectivity index (χ1n) is 9.44. The highest BCUT2D eigenvalue weighted by molar-refractivity contribution is 7.07. The lowest BCUT2D eigenvalue weighted by molar-refractivity contribution is 0.0926. The van der Waals surface area contributed by atoms with Crippen molar-refractivity contribution in [3.05, 3.63) is 57.7 Å². The van der Waals surface area contributed by atoms with Gasteiger partial charge in [-0.3, -0.25) is 14.2 Å². The van der Waals surface area contributed by atoms with Gasteiger partial charge in [-0.15, -0.1) is 28.0 Å². The fraction of sp³-hybridized carbons (Fsp3) is 0.227. The van der Waals surface area contributed by atoms with Gasteiger partial charge in [0.2, 0.25) is 16.5 Å². The Hall–Kier alpha value is -3.30. The molecule has 1 heterocycles. The fourth-order valence-corrected chi connectivity index (χ4v) is 3.97. The van der Waals surface area contributed by atoms with Crippen molar-refractivity contribution in [2.24, 2.45) is 5.10 Å². The monoisotopic (exact) mass is 475 g/mol. The number of thiazole rings is 1. The number of ether oxygens (including phenoxy) is 3. The topological polar surface area (TPSA) is 91.2 Å². The Morgan fingerprint density at radius 3 is 2.22 bits per heavy atom. The maximum Gasteiger partial charge on any atom is 0.271 e. The molecule has 3 rings (SSSR count). The number of methoxy groups -OCH3 is 3. The molecule has 1 amide bonds. The minimum absolute atomic E-state index is 0.233. The second kappa shape index (κ2) is 10.3. The van der Waals surface area contributed by atoms with Crippen molar-refractivity contribution in [1.29, 1.82) is 0 Å². The SMILES string of the molecule is COc1cc(C(=O)N/N=c2\scc(-c3ccc(C)cc3)n2C(=O)CCl)cc(OC)c1OC. The molecule has 10 heteroatoms. The summed E-state index contributed by atoms with van der Waals surface area (Å²) in [6.45, 7) is 1.98. The number of carbonyl (C=O) groups is 2. The molecular weight excluding hydrogens is 454 g/mol. The number of hydrogen-bond donors (Lipinski definition) is 1. The first-order valence-corrected chi connectivity index (χ1v) is 10.9. The minimum Gasteiger partial charge on any atom is -0.493 e. The molecule has 168 valence electrons. The number of halogens is 1. The molecule has 0 atom stereocenters. The van der Waals surface area contributed by atoms with Gasteiger partial charge in [0.15, 0.2) is 11.5 Å². The van der Waals surface area contributed by atoms with E-state index in [2.05, 4.69) is 10.5 Å². The maximum atomic E-state index is 12.7. The zero-order valence-corrected chi connectivity index (χ0v) is 19.5. The molecule has 0 aliphatic heterocycles. The Kier molecular flexibility index (Phi) is 7.55. The molecule has 0 saturated carbocycles. The number of aryl methyl sites for hydroxylation is 1. The lowest BCUT2D eigenvalue weighted by Gasteiger charge is -2.13. The second-order valence-electron chi connectivity index (χ2n) is 6.60. The van der Waals surface area contributed by atoms with Gasteiger partial charge in [-0.2, -0.15) is 0 Å². The minimum atomic E-state index is -0.514. The Morgan fingerprint density at radius 2 is 1.69 bits per heavy atom. The predicted molar refractivity (Wildman–Crippen MR) is 123 cm³/mol. The van der Waals surface area contributed by atoms with Gasteiger partial charge in [0.1, 0.15) is 5.88 Å². The Labute approximate surface area is 194 Å². The van der Waals surface area contributed by atoms with Crippen molar-refractivity contribution >= 4 is 34.8 Å². The van der Waals surface area contributed by atoms with E-state index in [0.29, 0.717) is 22.9 Å². The first-order chi connectivity index (χ1) is 15.4. The van der Waals surface area contributed by atoms with E-state index in [1.807, 2.05) is 31.2 Å². The number of nitrogens with one attached hydrogen (secondary N) is 1. The number of amides is 1. The van der Waals surface area contributed by atoms with E-state index in [-0.39, 0.29) is 22.2 Å². The molecule has 1 N–H and O–H groups in total. The van der Waals surface area contributed by atoms with Crippen LogP contribution in [0.25, 0.3) is 11.3 Å². The quantitative estimate of drug-likeness (QED) is 0.416. The van der Waals surface area contributed by atoms with E-state index >= 15 is 0 Å². The molecule has 0 fully saturated rings. The molecule has 0 bridgehead atoms. The van der Waals surface area contributed by atoms with Crippen LogP contribution in [0.3, 0.4) is 0 Å². The molecule has 0 unspecified atom stereocenters. The van der Waals surface area contributed by atoms with E-state index in [0.717, 1.165) is 11.1 Å². The van der Waals surface area contributed by atoms with Crippen LogP contribution in [0.4, 0.5) is 0 Å². The van der Waals surface area contributed by atoms with Gasteiger partial charge in [-0.25, -0.2) is 5.43 Å². The third-order valence-corrected chi connectivity index (χ3v) is 5.65. The Bertz CT molecular complexity index is 1180. The molecule has 0 spiro atoms. The lowest BCUT2D eigenvalue weighted by Crippen LogP contribution is -2.29. The van der Waals surface area contributed by atoms with Crippen LogP contribution < -0.4 is 24.4 Å². The summed E-state index contributed by atoms with van der Waals surface area (Å²) in [5.74, 6) is -0.0630. The second-order valence-corrected chi connectivity index (χ2v) is 7.70. The summed E-state index contributed by atoms with van der Waals surface area (Å²) >= 11 is 7.03. The van der Waals surface area contributed by atoms with E-state index in [1.54, 1.807) is 5.38 Å². The van der Waals surface area contributed by atoms with Crippen LogP contribution in [-0.2, 0) is 0 Å². The van der Waals surface area contributed by atoms with Gasteiger partial charge in [0.25, 0.3) is 5.91 Å². The van der Waals surface area contributed by atoms with Gasteiger partial charge in [0, 0.05) is 10.9 Å². The highest BCUT2D eigenvalue weighted by atomic mass is 35.5. The molecule has 2 aromatic carbocycles. The van der Waals surface area contributed by atoms with Crippen LogP contribution in [0.5, 0.6) is 17.2 Å². The molecular formula is C22H22ClN3O5S. The van der Waals surface area contributed by atoms with Crippen molar-refractivity contribution in [3.8, 4) is 28.5 Å². The highest BCUT2D eigenvalue weighted by Crippen LogP contribution is 2.38. The van der Waals surface area contributed by atoms with Crippen molar-refractivity contribution in [2.75, 3.05) is 27.2 Å². The van der Waals surface area contributed by atoms with Gasteiger partial charge in [-0.05, 0) is 24.6 Å². The van der Waals surface area contributed by atoms with Crippen molar-refractivity contribution in [3.63, 3.8) is 0 Å². The number of benzene rings is 2. The number of alkyl halides is 1. The molecule has 0 aliphatic rings. The van der Waals surface area contributed by atoms with E-state index in [4.69, 9.17) is 25.8 Å². The van der Waals surface area contributed by atoms with Crippen LogP contribution in [-0.4, -0.2) is 43.6 Å². The van der Waals surface area contributed by atoms with Crippen molar-refractivity contribution < 1.29 is 23.8 Å². The largest absolute Gasteiger partial charge is 0.493 e. The number of rotatable bonds is 7. The third kappa shape index (κ3) is 4.79. The standard InChI is InChI=1S/C22H22ClN3O5S/c1-13-5-7-14(8-6-13)16-12-32-22(26(16)19(27)11-23)25-24-21(28)15-9-17(29-2)20(31-4)18(10-15)30-3/h5-10,12H,11H2,1-4H3,(H,24,28)/b25-22-. The van der Waals surface area contributed by atoms with Crippen molar-refractivity contribution in [2.45, 2.75) is 6.92 Å². The summed E-state index contributed by atoms with van der Waals surface area (Å²) in [6, 6.07) is 10.7. The summed E-state index contributed by atoms with van der Waals surface area (Å²) in [5.41, 5.74) is 5.30. The normalized spacial score (nSPS) is 11.2. The van der Waals surface area contributed by atoms with Crippen LogP contribution in [0.15, 0.2) is 46.9 Å². The van der Waals surface area contributed by atoms with E-state index in [9.17, 15) is 9.59 Å². The summed E-state index contributed by atoms with van der Waals surface area (Å²) in [7, 11) is 4.40. The number of carbonyl (C=O) groups excluding carboxylic acids is 2. The average molecular weight is 476 g/mol. The summed E-state index contributed by atoms with van der Waals surface area (Å²) in [4.78, 5) is 25.6. The van der Waals surface area contributed by atoms with E-state index in [1.165, 1.54) is 49.4 Å². The van der Waals surface area contributed by atoms with Crippen LogP contribution in [0, 0.1) is 6.92 Å². The predicted octanol–water partition coefficient (Wildman–Crippen LogP) is 3.68. The average Bonchev–Trinajstić information content (AvgIpc) is 3.25. The summed E-state index contributed by atoms with van der Waals surface area (Å²) < 4.78 is 17.2. The fourth-order valence-electron chi connectivity index (χ4n) is 2.99. The number of nitrogens with zero attached hydrogens (tertiary/aromatic N) is 2. The number of hydrogen-bond acceptors (Lipinski definition) is 7. The van der Waals surface area contributed by atoms with Gasteiger partial charge in [0.05, 0.1) is 27.0 Å². The van der Waals surface area contributed by atoms with Gasteiger partial charge >= 0.3 is 0 Å². The smallest absolute Gasteiger partial charge is 0.271 e. The van der Waals surface area contributed by atoms with Crippen LogP contribution >= 0.6 is 22.9 Å². The lowest BCUT2D eigenvalue weighted by atomic mass is 10.1.